The Morgan fingerprint density at radius 3 is 2.77 bits per heavy atom. The van der Waals surface area contributed by atoms with E-state index in [0.29, 0.717) is 19.1 Å². The lowest BCUT2D eigenvalue weighted by Gasteiger charge is -2.19. The molecule has 1 aromatic carbocycles. The van der Waals surface area contributed by atoms with Crippen LogP contribution in [0.1, 0.15) is 12.5 Å². The third-order valence-corrected chi connectivity index (χ3v) is 4.15. The highest BCUT2D eigenvalue weighted by molar-refractivity contribution is 7.99. The molecular formula is C16H26N2O3S. The third kappa shape index (κ3) is 9.65. The number of amides is 1. The second kappa shape index (κ2) is 12.3. The molecule has 0 radical (unpaired) electrons. The van der Waals surface area contributed by atoms with Gasteiger partial charge >= 0.3 is 6.09 Å². The van der Waals surface area contributed by atoms with Crippen LogP contribution in [0.5, 0.6) is 0 Å². The number of nitrogens with one attached hydrogen (secondary N) is 2. The zero-order chi connectivity index (χ0) is 16.0. The van der Waals surface area contributed by atoms with Crippen molar-refractivity contribution in [1.82, 2.24) is 10.6 Å². The fraction of sp³-hybridized carbons (Fsp3) is 0.562. The number of rotatable bonds is 12. The van der Waals surface area contributed by atoms with Crippen molar-refractivity contribution >= 4 is 17.9 Å². The smallest absolute Gasteiger partial charge is 0.404 e. The van der Waals surface area contributed by atoms with Crippen molar-refractivity contribution in [3.8, 4) is 0 Å². The first-order valence-corrected chi connectivity index (χ1v) is 8.77. The zero-order valence-electron chi connectivity index (χ0n) is 13.1. The van der Waals surface area contributed by atoms with E-state index in [4.69, 9.17) is 9.84 Å². The summed E-state index contributed by atoms with van der Waals surface area (Å²) in [5.41, 5.74) is 1.29. The van der Waals surface area contributed by atoms with Gasteiger partial charge in [0.1, 0.15) is 0 Å². The van der Waals surface area contributed by atoms with Crippen LogP contribution < -0.4 is 10.6 Å². The van der Waals surface area contributed by atoms with E-state index in [1.54, 1.807) is 0 Å². The molecule has 6 heteroatoms. The minimum absolute atomic E-state index is 0.324. The molecule has 0 aliphatic heterocycles. The van der Waals surface area contributed by atoms with Crippen molar-refractivity contribution in [2.75, 3.05) is 37.8 Å². The second-order valence-electron chi connectivity index (χ2n) is 4.84. The largest absolute Gasteiger partial charge is 0.465 e. The van der Waals surface area contributed by atoms with E-state index in [9.17, 15) is 4.79 Å². The maximum absolute atomic E-state index is 10.5. The van der Waals surface area contributed by atoms with Gasteiger partial charge in [-0.3, -0.25) is 0 Å². The predicted molar refractivity (Wildman–Crippen MR) is 91.8 cm³/mol. The van der Waals surface area contributed by atoms with Crippen LogP contribution in [0.15, 0.2) is 30.3 Å². The lowest BCUT2D eigenvalue weighted by atomic mass is 10.1. The topological polar surface area (TPSA) is 70.6 Å². The van der Waals surface area contributed by atoms with Crippen molar-refractivity contribution in [3.63, 3.8) is 0 Å². The molecule has 1 atom stereocenters. The van der Waals surface area contributed by atoms with Crippen LogP contribution in [0.3, 0.4) is 0 Å². The van der Waals surface area contributed by atoms with Gasteiger partial charge in [-0.05, 0) is 18.9 Å². The van der Waals surface area contributed by atoms with Crippen molar-refractivity contribution in [2.45, 2.75) is 19.4 Å². The van der Waals surface area contributed by atoms with E-state index < -0.39 is 6.09 Å². The highest BCUT2D eigenvalue weighted by Gasteiger charge is 2.09. The predicted octanol–water partition coefficient (Wildman–Crippen LogP) is 2.22. The molecule has 0 aliphatic carbocycles. The van der Waals surface area contributed by atoms with Crippen molar-refractivity contribution in [2.24, 2.45) is 0 Å². The first-order chi connectivity index (χ1) is 10.7. The summed E-state index contributed by atoms with van der Waals surface area (Å²) in [4.78, 5) is 10.5. The summed E-state index contributed by atoms with van der Waals surface area (Å²) >= 11 is 1.86. The Hall–Kier alpha value is -1.24. The van der Waals surface area contributed by atoms with Crippen LogP contribution in [-0.2, 0) is 11.2 Å². The fourth-order valence-electron chi connectivity index (χ4n) is 2.02. The molecule has 5 nitrogen and oxygen atoms in total. The summed E-state index contributed by atoms with van der Waals surface area (Å²) in [5.74, 6) is 1.96. The number of hydrogen-bond donors (Lipinski definition) is 3. The zero-order valence-corrected chi connectivity index (χ0v) is 13.9. The standard InChI is InChI=1S/C16H26N2O3S/c1-2-21-10-11-22-13-15(17-8-9-18-16(19)20)12-14-6-4-3-5-7-14/h3-7,15,17-18H,2,8-13H2,1H3,(H,19,20). The maximum atomic E-state index is 10.5. The van der Waals surface area contributed by atoms with Crippen molar-refractivity contribution < 1.29 is 14.6 Å². The summed E-state index contributed by atoms with van der Waals surface area (Å²) in [7, 11) is 0. The van der Waals surface area contributed by atoms with Crippen LogP contribution in [0.25, 0.3) is 0 Å². The van der Waals surface area contributed by atoms with E-state index in [1.165, 1.54) is 5.56 Å². The summed E-state index contributed by atoms with van der Waals surface area (Å²) < 4.78 is 5.34. The van der Waals surface area contributed by atoms with Gasteiger partial charge in [-0.15, -0.1) is 0 Å². The molecule has 1 unspecified atom stereocenters. The molecule has 1 amide bonds. The van der Waals surface area contributed by atoms with Crippen molar-refractivity contribution in [3.05, 3.63) is 35.9 Å². The molecule has 0 saturated heterocycles. The van der Waals surface area contributed by atoms with E-state index >= 15 is 0 Å². The molecule has 1 rings (SSSR count). The second-order valence-corrected chi connectivity index (χ2v) is 5.99. The van der Waals surface area contributed by atoms with Gasteiger partial charge in [0.05, 0.1) is 6.61 Å². The summed E-state index contributed by atoms with van der Waals surface area (Å²) in [6, 6.07) is 10.7. The quantitative estimate of drug-likeness (QED) is 0.514. The van der Waals surface area contributed by atoms with Gasteiger partial charge in [0.15, 0.2) is 0 Å². The van der Waals surface area contributed by atoms with E-state index in [0.717, 1.165) is 31.1 Å². The number of hydrogen-bond acceptors (Lipinski definition) is 4. The Labute approximate surface area is 136 Å². The molecule has 0 bridgehead atoms. The molecule has 124 valence electrons. The molecule has 0 spiro atoms. The minimum Gasteiger partial charge on any atom is -0.465 e. The van der Waals surface area contributed by atoms with E-state index in [1.807, 2.05) is 36.9 Å². The van der Waals surface area contributed by atoms with Gasteiger partial charge in [0, 0.05) is 37.2 Å². The molecule has 0 heterocycles. The fourth-order valence-corrected chi connectivity index (χ4v) is 2.94. The molecule has 22 heavy (non-hydrogen) atoms. The molecular weight excluding hydrogens is 300 g/mol. The number of carbonyl (C=O) groups is 1. The van der Waals surface area contributed by atoms with Gasteiger partial charge in [-0.1, -0.05) is 30.3 Å². The average Bonchev–Trinajstić information content (AvgIpc) is 2.51. The highest BCUT2D eigenvalue weighted by atomic mass is 32.2. The van der Waals surface area contributed by atoms with Gasteiger partial charge < -0.3 is 20.5 Å². The number of benzene rings is 1. The van der Waals surface area contributed by atoms with Crippen LogP contribution in [0.2, 0.25) is 0 Å². The lowest BCUT2D eigenvalue weighted by molar-refractivity contribution is 0.164. The van der Waals surface area contributed by atoms with Crippen LogP contribution >= 0.6 is 11.8 Å². The lowest BCUT2D eigenvalue weighted by Crippen LogP contribution is -2.39. The minimum atomic E-state index is -0.979. The summed E-state index contributed by atoms with van der Waals surface area (Å²) in [5, 5.41) is 14.4. The van der Waals surface area contributed by atoms with Gasteiger partial charge in [0.2, 0.25) is 0 Å². The Kier molecular flexibility index (Phi) is 10.5. The molecule has 1 aromatic rings. The molecule has 0 aromatic heterocycles. The average molecular weight is 326 g/mol. The molecule has 3 N–H and O–H groups in total. The van der Waals surface area contributed by atoms with E-state index in [2.05, 4.69) is 22.8 Å². The monoisotopic (exact) mass is 326 g/mol. The van der Waals surface area contributed by atoms with Crippen LogP contribution in [0, 0.1) is 0 Å². The Morgan fingerprint density at radius 2 is 2.09 bits per heavy atom. The molecule has 0 aliphatic rings. The van der Waals surface area contributed by atoms with E-state index in [-0.39, 0.29) is 0 Å². The van der Waals surface area contributed by atoms with Crippen LogP contribution in [0.4, 0.5) is 4.79 Å². The Bertz CT molecular complexity index is 404. The SMILES string of the molecule is CCOCCSCC(Cc1ccccc1)NCCNC(=O)O. The Morgan fingerprint density at radius 1 is 1.32 bits per heavy atom. The molecule has 0 saturated carbocycles. The Balaban J connectivity index is 2.33. The first-order valence-electron chi connectivity index (χ1n) is 7.62. The molecule has 0 fully saturated rings. The van der Waals surface area contributed by atoms with Gasteiger partial charge in [0.25, 0.3) is 0 Å². The number of ether oxygens (including phenoxy) is 1. The van der Waals surface area contributed by atoms with Gasteiger partial charge in [-0.25, -0.2) is 4.79 Å². The first kappa shape index (κ1) is 18.8. The normalized spacial score (nSPS) is 12.0. The van der Waals surface area contributed by atoms with Crippen molar-refractivity contribution in [1.29, 1.82) is 0 Å². The van der Waals surface area contributed by atoms with Crippen LogP contribution in [-0.4, -0.2) is 55.1 Å². The summed E-state index contributed by atoms with van der Waals surface area (Å²) in [6.45, 7) is 4.59. The number of thioether (sulfide) groups is 1. The summed E-state index contributed by atoms with van der Waals surface area (Å²) in [6.07, 6.45) is -0.0391. The third-order valence-electron chi connectivity index (χ3n) is 3.05. The highest BCUT2D eigenvalue weighted by Crippen LogP contribution is 2.09. The maximum Gasteiger partial charge on any atom is 0.404 e. The number of carboxylic acid groups (broad SMARTS) is 1. The van der Waals surface area contributed by atoms with Gasteiger partial charge in [-0.2, -0.15) is 11.8 Å².